The van der Waals surface area contributed by atoms with Gasteiger partial charge >= 0.3 is 0 Å². The van der Waals surface area contributed by atoms with Gasteiger partial charge in [0.25, 0.3) is 0 Å². The number of carbonyl (C=O) groups excluding carboxylic acids is 1. The summed E-state index contributed by atoms with van der Waals surface area (Å²) >= 11 is 6.03. The van der Waals surface area contributed by atoms with Gasteiger partial charge in [0.15, 0.2) is 0 Å². The Morgan fingerprint density at radius 2 is 1.91 bits per heavy atom. The summed E-state index contributed by atoms with van der Waals surface area (Å²) in [6.45, 7) is 7.25. The van der Waals surface area contributed by atoms with Gasteiger partial charge < -0.3 is 15.5 Å². The highest BCUT2D eigenvalue weighted by molar-refractivity contribution is 6.30. The van der Waals surface area contributed by atoms with E-state index in [1.54, 1.807) is 0 Å². The highest BCUT2D eigenvalue weighted by Crippen LogP contribution is 2.21. The van der Waals surface area contributed by atoms with Crippen LogP contribution in [0.1, 0.15) is 20.3 Å². The van der Waals surface area contributed by atoms with Crippen LogP contribution in [0.25, 0.3) is 0 Å². The molecule has 1 aliphatic heterocycles. The summed E-state index contributed by atoms with van der Waals surface area (Å²) in [6, 6.07) is 7.46. The first-order valence-electron chi connectivity index (χ1n) is 7.52. The molecule has 1 saturated heterocycles. The van der Waals surface area contributed by atoms with Gasteiger partial charge in [0.05, 0.1) is 6.04 Å². The minimum absolute atomic E-state index is 0. The molecule has 0 spiro atoms. The molecule has 1 aliphatic rings. The summed E-state index contributed by atoms with van der Waals surface area (Å²) in [6.07, 6.45) is 0.743. The Hall–Kier alpha value is -0.970. The fraction of sp³-hybridized carbons (Fsp3) is 0.562. The molecule has 22 heavy (non-hydrogen) atoms. The molecule has 1 aromatic rings. The van der Waals surface area contributed by atoms with Crippen molar-refractivity contribution >= 4 is 35.6 Å². The van der Waals surface area contributed by atoms with E-state index in [4.69, 9.17) is 17.3 Å². The predicted molar refractivity (Wildman–Crippen MR) is 94.9 cm³/mol. The number of nitrogens with two attached hydrogens (primary N) is 1. The third kappa shape index (κ3) is 5.04. The van der Waals surface area contributed by atoms with Crippen molar-refractivity contribution in [2.24, 2.45) is 11.7 Å². The molecule has 4 nitrogen and oxygen atoms in total. The van der Waals surface area contributed by atoms with Crippen LogP contribution in [0.3, 0.4) is 0 Å². The van der Waals surface area contributed by atoms with Gasteiger partial charge in [-0.25, -0.2) is 0 Å². The van der Waals surface area contributed by atoms with Crippen molar-refractivity contribution in [2.45, 2.75) is 26.3 Å². The predicted octanol–water partition coefficient (Wildman–Crippen LogP) is 2.78. The van der Waals surface area contributed by atoms with Crippen molar-refractivity contribution in [3.8, 4) is 0 Å². The van der Waals surface area contributed by atoms with Crippen LogP contribution in [-0.4, -0.2) is 43.0 Å². The van der Waals surface area contributed by atoms with E-state index in [1.165, 1.54) is 0 Å². The van der Waals surface area contributed by atoms with Crippen molar-refractivity contribution in [3.05, 3.63) is 29.3 Å². The standard InChI is InChI=1S/C16H24ClN3O.ClH/c1-12(2)10-15(18)16(21)20-8-6-19(7-9-20)14-5-3-4-13(17)11-14;/h3-5,11-12,15H,6-10,18H2,1-2H3;1H. The number of halogens is 2. The monoisotopic (exact) mass is 345 g/mol. The van der Waals surface area contributed by atoms with E-state index in [0.29, 0.717) is 5.92 Å². The molecule has 2 N–H and O–H groups in total. The number of carbonyl (C=O) groups is 1. The normalized spacial score (nSPS) is 16.4. The molecule has 0 aromatic heterocycles. The van der Waals surface area contributed by atoms with Gasteiger partial charge in [-0.05, 0) is 30.5 Å². The maximum atomic E-state index is 12.3. The number of anilines is 1. The van der Waals surface area contributed by atoms with Crippen LogP contribution in [0.2, 0.25) is 5.02 Å². The van der Waals surface area contributed by atoms with E-state index in [1.807, 2.05) is 29.2 Å². The van der Waals surface area contributed by atoms with E-state index in [2.05, 4.69) is 18.7 Å². The molecule has 1 fully saturated rings. The lowest BCUT2D eigenvalue weighted by Crippen LogP contribution is -2.53. The Morgan fingerprint density at radius 1 is 1.27 bits per heavy atom. The molecule has 1 unspecified atom stereocenters. The van der Waals surface area contributed by atoms with Crippen molar-refractivity contribution < 1.29 is 4.79 Å². The maximum Gasteiger partial charge on any atom is 0.239 e. The zero-order valence-corrected chi connectivity index (χ0v) is 14.7. The number of rotatable bonds is 4. The molecule has 6 heteroatoms. The minimum Gasteiger partial charge on any atom is -0.368 e. The lowest BCUT2D eigenvalue weighted by molar-refractivity contribution is -0.133. The number of piperazine rings is 1. The highest BCUT2D eigenvalue weighted by atomic mass is 35.5. The maximum absolute atomic E-state index is 12.3. The first-order valence-corrected chi connectivity index (χ1v) is 7.90. The third-order valence-corrected chi connectivity index (χ3v) is 4.04. The largest absolute Gasteiger partial charge is 0.368 e. The Morgan fingerprint density at radius 3 is 2.45 bits per heavy atom. The first-order chi connectivity index (χ1) is 9.97. The van der Waals surface area contributed by atoms with Crippen molar-refractivity contribution in [2.75, 3.05) is 31.1 Å². The molecule has 1 heterocycles. The number of amides is 1. The third-order valence-electron chi connectivity index (χ3n) is 3.81. The summed E-state index contributed by atoms with van der Waals surface area (Å²) in [5, 5.41) is 0.741. The molecule has 0 bridgehead atoms. The zero-order chi connectivity index (χ0) is 15.4. The Bertz CT molecular complexity index is 488. The highest BCUT2D eigenvalue weighted by Gasteiger charge is 2.25. The van der Waals surface area contributed by atoms with Gasteiger partial charge in [0.1, 0.15) is 0 Å². The van der Waals surface area contributed by atoms with Crippen LogP contribution in [0.5, 0.6) is 0 Å². The lowest BCUT2D eigenvalue weighted by Gasteiger charge is -2.37. The van der Waals surface area contributed by atoms with Gasteiger partial charge in [-0.2, -0.15) is 0 Å². The van der Waals surface area contributed by atoms with Crippen LogP contribution in [0, 0.1) is 5.92 Å². The van der Waals surface area contributed by atoms with Crippen LogP contribution in [0.15, 0.2) is 24.3 Å². The first kappa shape index (κ1) is 19.1. The topological polar surface area (TPSA) is 49.6 Å². The smallest absolute Gasteiger partial charge is 0.239 e. The fourth-order valence-corrected chi connectivity index (χ4v) is 2.89. The van der Waals surface area contributed by atoms with Crippen molar-refractivity contribution in [1.82, 2.24) is 4.90 Å². The number of nitrogens with zero attached hydrogens (tertiary/aromatic N) is 2. The minimum atomic E-state index is -0.372. The quantitative estimate of drug-likeness (QED) is 0.912. The molecule has 1 aromatic carbocycles. The van der Waals surface area contributed by atoms with Crippen molar-refractivity contribution in [1.29, 1.82) is 0 Å². The Labute approximate surface area is 144 Å². The van der Waals surface area contributed by atoms with Gasteiger partial charge in [-0.1, -0.05) is 31.5 Å². The fourth-order valence-electron chi connectivity index (χ4n) is 2.70. The second-order valence-electron chi connectivity index (χ2n) is 6.03. The van der Waals surface area contributed by atoms with Gasteiger partial charge in [-0.15, -0.1) is 12.4 Å². The van der Waals surface area contributed by atoms with Gasteiger partial charge in [0, 0.05) is 36.9 Å². The van der Waals surface area contributed by atoms with E-state index in [0.717, 1.165) is 43.3 Å². The molecular formula is C16H25Cl2N3O. The molecule has 0 saturated carbocycles. The summed E-state index contributed by atoms with van der Waals surface area (Å²) in [4.78, 5) is 16.4. The van der Waals surface area contributed by atoms with Crippen LogP contribution in [0.4, 0.5) is 5.69 Å². The average Bonchev–Trinajstić information content (AvgIpc) is 2.46. The lowest BCUT2D eigenvalue weighted by atomic mass is 10.0. The molecule has 0 radical (unpaired) electrons. The van der Waals surface area contributed by atoms with Crippen molar-refractivity contribution in [3.63, 3.8) is 0 Å². The zero-order valence-electron chi connectivity index (χ0n) is 13.2. The van der Waals surface area contributed by atoms with E-state index in [-0.39, 0.29) is 24.4 Å². The molecular weight excluding hydrogens is 321 g/mol. The number of benzene rings is 1. The second kappa shape index (κ2) is 8.61. The summed E-state index contributed by atoms with van der Waals surface area (Å²) in [5.74, 6) is 0.520. The van der Waals surface area contributed by atoms with Crippen LogP contribution in [-0.2, 0) is 4.79 Å². The average molecular weight is 346 g/mol. The molecule has 124 valence electrons. The number of hydrogen-bond donors (Lipinski definition) is 1. The Balaban J connectivity index is 0.00000242. The Kier molecular flexibility index (Phi) is 7.46. The summed E-state index contributed by atoms with van der Waals surface area (Å²) < 4.78 is 0. The molecule has 1 atom stereocenters. The van der Waals surface area contributed by atoms with Gasteiger partial charge in [0.2, 0.25) is 5.91 Å². The van der Waals surface area contributed by atoms with Crippen LogP contribution < -0.4 is 10.6 Å². The molecule has 1 amide bonds. The summed E-state index contributed by atoms with van der Waals surface area (Å²) in [7, 11) is 0. The SMILES string of the molecule is CC(C)CC(N)C(=O)N1CCN(c2cccc(Cl)c2)CC1.Cl. The molecule has 2 rings (SSSR count). The van der Waals surface area contributed by atoms with Gasteiger partial charge in [-0.3, -0.25) is 4.79 Å². The second-order valence-corrected chi connectivity index (χ2v) is 6.46. The summed E-state index contributed by atoms with van der Waals surface area (Å²) in [5.41, 5.74) is 7.10. The molecule has 0 aliphatic carbocycles. The van der Waals surface area contributed by atoms with Crippen LogP contribution >= 0.6 is 24.0 Å². The van der Waals surface area contributed by atoms with E-state index >= 15 is 0 Å². The van der Waals surface area contributed by atoms with E-state index < -0.39 is 0 Å². The van der Waals surface area contributed by atoms with E-state index in [9.17, 15) is 4.79 Å². The number of hydrogen-bond acceptors (Lipinski definition) is 3.